The summed E-state index contributed by atoms with van der Waals surface area (Å²) in [6.07, 6.45) is 1.63. The highest BCUT2D eigenvalue weighted by Crippen LogP contribution is 2.21. The van der Waals surface area contributed by atoms with Crippen molar-refractivity contribution in [2.24, 2.45) is 0 Å². The monoisotopic (exact) mass is 423 g/mol. The van der Waals surface area contributed by atoms with Crippen LogP contribution in [0, 0.1) is 0 Å². The van der Waals surface area contributed by atoms with Crippen LogP contribution in [0.1, 0.15) is 30.9 Å². The first-order valence-corrected chi connectivity index (χ1v) is 10.7. The highest BCUT2D eigenvalue weighted by atomic mass is 32.2. The van der Waals surface area contributed by atoms with E-state index in [1.54, 1.807) is 6.33 Å². The molecule has 0 spiro atoms. The third-order valence-corrected chi connectivity index (χ3v) is 5.41. The first kappa shape index (κ1) is 21.6. The summed E-state index contributed by atoms with van der Waals surface area (Å²) in [7, 11) is 0. The number of thioether (sulfide) groups is 1. The van der Waals surface area contributed by atoms with Gasteiger partial charge in [0.2, 0.25) is 11.8 Å². The summed E-state index contributed by atoms with van der Waals surface area (Å²) in [4.78, 5) is 24.0. The second-order valence-electron chi connectivity index (χ2n) is 7.06. The van der Waals surface area contributed by atoms with E-state index in [1.165, 1.54) is 17.3 Å². The standard InChI is InChI=1S/C22H25N5O2S/c1-16(2)18-8-10-19(11-9-18)27-15-25-26-22(27)30-14-21(29)24-13-20(28)23-12-17-6-4-3-5-7-17/h3-11,15-16H,12-14H2,1-2H3,(H,23,28)(H,24,29). The molecular formula is C22H25N5O2S. The second-order valence-corrected chi connectivity index (χ2v) is 8.00. The number of nitrogens with zero attached hydrogens (tertiary/aromatic N) is 3. The van der Waals surface area contributed by atoms with Crippen molar-refractivity contribution in [2.75, 3.05) is 12.3 Å². The summed E-state index contributed by atoms with van der Waals surface area (Å²) in [5.74, 6) is 0.141. The number of carbonyl (C=O) groups is 2. The number of nitrogens with one attached hydrogen (secondary N) is 2. The van der Waals surface area contributed by atoms with Crippen molar-refractivity contribution < 1.29 is 9.59 Å². The Hall–Kier alpha value is -3.13. The van der Waals surface area contributed by atoms with Crippen LogP contribution in [0.25, 0.3) is 5.69 Å². The lowest BCUT2D eigenvalue weighted by Crippen LogP contribution is -2.37. The first-order chi connectivity index (χ1) is 14.5. The third-order valence-electron chi connectivity index (χ3n) is 4.47. The molecule has 156 valence electrons. The normalized spacial score (nSPS) is 10.8. The molecule has 1 aromatic heterocycles. The smallest absolute Gasteiger partial charge is 0.239 e. The van der Waals surface area contributed by atoms with Crippen molar-refractivity contribution in [3.8, 4) is 5.69 Å². The van der Waals surface area contributed by atoms with Crippen LogP contribution in [0.4, 0.5) is 0 Å². The van der Waals surface area contributed by atoms with Crippen molar-refractivity contribution in [1.82, 2.24) is 25.4 Å². The van der Waals surface area contributed by atoms with Crippen LogP contribution in [0.3, 0.4) is 0 Å². The summed E-state index contributed by atoms with van der Waals surface area (Å²) < 4.78 is 1.84. The number of hydrogen-bond donors (Lipinski definition) is 2. The van der Waals surface area contributed by atoms with Crippen LogP contribution in [0.15, 0.2) is 66.1 Å². The van der Waals surface area contributed by atoms with E-state index in [-0.39, 0.29) is 24.1 Å². The lowest BCUT2D eigenvalue weighted by atomic mass is 10.0. The molecule has 0 fully saturated rings. The topological polar surface area (TPSA) is 88.9 Å². The minimum atomic E-state index is -0.237. The summed E-state index contributed by atoms with van der Waals surface area (Å²) in [6, 6.07) is 17.8. The molecule has 0 aliphatic rings. The molecule has 3 aromatic rings. The SMILES string of the molecule is CC(C)c1ccc(-n2cnnc2SCC(=O)NCC(=O)NCc2ccccc2)cc1. The molecule has 0 atom stereocenters. The highest BCUT2D eigenvalue weighted by Gasteiger charge is 2.11. The third kappa shape index (κ3) is 6.18. The van der Waals surface area contributed by atoms with Gasteiger partial charge in [-0.05, 0) is 29.2 Å². The summed E-state index contributed by atoms with van der Waals surface area (Å²) in [5, 5.41) is 14.1. The molecule has 0 radical (unpaired) electrons. The number of hydrogen-bond acceptors (Lipinski definition) is 5. The average Bonchev–Trinajstić information content (AvgIpc) is 3.24. The zero-order valence-corrected chi connectivity index (χ0v) is 17.9. The largest absolute Gasteiger partial charge is 0.350 e. The molecular weight excluding hydrogens is 398 g/mol. The van der Waals surface area contributed by atoms with Crippen LogP contribution >= 0.6 is 11.8 Å². The van der Waals surface area contributed by atoms with Gasteiger partial charge in [-0.2, -0.15) is 0 Å². The number of carbonyl (C=O) groups excluding carboxylic acids is 2. The molecule has 0 saturated carbocycles. The van der Waals surface area contributed by atoms with Gasteiger partial charge in [-0.1, -0.05) is 68.1 Å². The van der Waals surface area contributed by atoms with E-state index in [9.17, 15) is 9.59 Å². The predicted molar refractivity (Wildman–Crippen MR) is 117 cm³/mol. The molecule has 30 heavy (non-hydrogen) atoms. The van der Waals surface area contributed by atoms with Gasteiger partial charge < -0.3 is 10.6 Å². The molecule has 2 amide bonds. The van der Waals surface area contributed by atoms with E-state index in [0.29, 0.717) is 17.6 Å². The van der Waals surface area contributed by atoms with Crippen molar-refractivity contribution >= 4 is 23.6 Å². The van der Waals surface area contributed by atoms with E-state index in [0.717, 1.165) is 11.3 Å². The van der Waals surface area contributed by atoms with Gasteiger partial charge in [0.1, 0.15) is 6.33 Å². The zero-order valence-electron chi connectivity index (χ0n) is 17.0. The van der Waals surface area contributed by atoms with Gasteiger partial charge in [0.15, 0.2) is 5.16 Å². The van der Waals surface area contributed by atoms with Gasteiger partial charge in [0.05, 0.1) is 12.3 Å². The van der Waals surface area contributed by atoms with Crippen molar-refractivity contribution in [3.05, 3.63) is 72.1 Å². The summed E-state index contributed by atoms with van der Waals surface area (Å²) in [5.41, 5.74) is 3.20. The molecule has 0 unspecified atom stereocenters. The molecule has 3 rings (SSSR count). The quantitative estimate of drug-likeness (QED) is 0.517. The Kier molecular flexibility index (Phi) is 7.62. The van der Waals surface area contributed by atoms with Gasteiger partial charge in [-0.25, -0.2) is 0 Å². The fourth-order valence-electron chi connectivity index (χ4n) is 2.74. The van der Waals surface area contributed by atoms with E-state index in [4.69, 9.17) is 0 Å². The molecule has 2 N–H and O–H groups in total. The summed E-state index contributed by atoms with van der Waals surface area (Å²) >= 11 is 1.27. The number of aromatic nitrogens is 3. The summed E-state index contributed by atoms with van der Waals surface area (Å²) in [6.45, 7) is 4.67. The Bertz CT molecular complexity index is 971. The maximum Gasteiger partial charge on any atom is 0.239 e. The van der Waals surface area contributed by atoms with E-state index in [2.05, 4.69) is 46.8 Å². The van der Waals surface area contributed by atoms with E-state index >= 15 is 0 Å². The Morgan fingerprint density at radius 1 is 1.00 bits per heavy atom. The van der Waals surface area contributed by atoms with Gasteiger partial charge >= 0.3 is 0 Å². The van der Waals surface area contributed by atoms with Gasteiger partial charge in [0, 0.05) is 12.2 Å². The van der Waals surface area contributed by atoms with Crippen molar-refractivity contribution in [2.45, 2.75) is 31.5 Å². The minimum Gasteiger partial charge on any atom is -0.350 e. The Labute approximate surface area is 180 Å². The van der Waals surface area contributed by atoms with Crippen LogP contribution in [-0.4, -0.2) is 38.9 Å². The Morgan fingerprint density at radius 3 is 2.43 bits per heavy atom. The Balaban J connectivity index is 1.45. The van der Waals surface area contributed by atoms with E-state index in [1.807, 2.05) is 47.0 Å². The van der Waals surface area contributed by atoms with Crippen LogP contribution in [0.2, 0.25) is 0 Å². The van der Waals surface area contributed by atoms with Crippen LogP contribution in [-0.2, 0) is 16.1 Å². The fourth-order valence-corrected chi connectivity index (χ4v) is 3.50. The highest BCUT2D eigenvalue weighted by molar-refractivity contribution is 7.99. The average molecular weight is 424 g/mol. The lowest BCUT2D eigenvalue weighted by Gasteiger charge is -2.09. The zero-order chi connectivity index (χ0) is 21.3. The van der Waals surface area contributed by atoms with Gasteiger partial charge in [-0.3, -0.25) is 14.2 Å². The van der Waals surface area contributed by atoms with Crippen LogP contribution in [0.5, 0.6) is 0 Å². The predicted octanol–water partition coefficient (Wildman–Crippen LogP) is 2.92. The lowest BCUT2D eigenvalue weighted by molar-refractivity contribution is -0.124. The van der Waals surface area contributed by atoms with Crippen LogP contribution < -0.4 is 10.6 Å². The van der Waals surface area contributed by atoms with Gasteiger partial charge in [0.25, 0.3) is 0 Å². The van der Waals surface area contributed by atoms with Crippen molar-refractivity contribution in [1.29, 1.82) is 0 Å². The van der Waals surface area contributed by atoms with E-state index < -0.39 is 0 Å². The number of benzene rings is 2. The molecule has 0 aliphatic carbocycles. The molecule has 0 bridgehead atoms. The number of amides is 2. The molecule has 7 nitrogen and oxygen atoms in total. The second kappa shape index (κ2) is 10.6. The van der Waals surface area contributed by atoms with Crippen molar-refractivity contribution in [3.63, 3.8) is 0 Å². The maximum atomic E-state index is 12.1. The molecule has 8 heteroatoms. The molecule has 0 saturated heterocycles. The first-order valence-electron chi connectivity index (χ1n) is 9.73. The molecule has 2 aromatic carbocycles. The number of rotatable bonds is 9. The Morgan fingerprint density at radius 2 is 1.73 bits per heavy atom. The maximum absolute atomic E-state index is 12.1. The molecule has 1 heterocycles. The molecule has 0 aliphatic heterocycles. The minimum absolute atomic E-state index is 0.0599. The van der Waals surface area contributed by atoms with Gasteiger partial charge in [-0.15, -0.1) is 10.2 Å². The fraction of sp³-hybridized carbons (Fsp3) is 0.273.